The Labute approximate surface area is 97.1 Å². The average molecular weight is 236 g/mol. The first-order valence-electron chi connectivity index (χ1n) is 5.01. The molecule has 0 spiro atoms. The summed E-state index contributed by atoms with van der Waals surface area (Å²) in [5, 5.41) is 0. The highest BCUT2D eigenvalue weighted by atomic mass is 19.1. The lowest BCUT2D eigenvalue weighted by Gasteiger charge is -2.06. The largest absolute Gasteiger partial charge is 0.458 e. The first-order valence-corrected chi connectivity index (χ1v) is 5.01. The molecule has 0 bridgehead atoms. The molecule has 3 nitrogen and oxygen atoms in total. The van der Waals surface area contributed by atoms with Gasteiger partial charge in [0.05, 0.1) is 5.56 Å². The molecule has 0 atom stereocenters. The zero-order valence-corrected chi connectivity index (χ0v) is 9.15. The molecule has 0 radical (unpaired) electrons. The number of benzene rings is 1. The molecule has 1 heterocycles. The summed E-state index contributed by atoms with van der Waals surface area (Å²) in [5.74, 6) is -1.28. The summed E-state index contributed by atoms with van der Waals surface area (Å²) in [6, 6.07) is 3.75. The number of aromatic nitrogens is 2. The molecule has 0 aliphatic heterocycles. The van der Waals surface area contributed by atoms with Crippen LogP contribution in [-0.2, 0) is 6.61 Å². The minimum atomic E-state index is -0.642. The van der Waals surface area contributed by atoms with Crippen molar-refractivity contribution in [2.24, 2.45) is 0 Å². The molecule has 1 aromatic heterocycles. The van der Waals surface area contributed by atoms with Gasteiger partial charge in [0.25, 0.3) is 0 Å². The molecule has 0 aliphatic rings. The smallest absolute Gasteiger partial charge is 0.316 e. The van der Waals surface area contributed by atoms with Gasteiger partial charge in [0.2, 0.25) is 0 Å². The van der Waals surface area contributed by atoms with Gasteiger partial charge in [0.1, 0.15) is 18.2 Å². The maximum atomic E-state index is 13.3. The molecular weight excluding hydrogens is 226 g/mol. The van der Waals surface area contributed by atoms with Gasteiger partial charge < -0.3 is 4.74 Å². The zero-order chi connectivity index (χ0) is 12.3. The van der Waals surface area contributed by atoms with Crippen LogP contribution >= 0.6 is 0 Å². The van der Waals surface area contributed by atoms with Crippen LogP contribution in [0, 0.1) is 18.6 Å². The lowest BCUT2D eigenvalue weighted by Crippen LogP contribution is -2.04. The van der Waals surface area contributed by atoms with E-state index in [9.17, 15) is 8.78 Å². The van der Waals surface area contributed by atoms with Gasteiger partial charge in [0, 0.05) is 12.4 Å². The summed E-state index contributed by atoms with van der Waals surface area (Å²) in [4.78, 5) is 7.75. The van der Waals surface area contributed by atoms with Crippen molar-refractivity contribution in [3.05, 3.63) is 53.4 Å². The second-order valence-corrected chi connectivity index (χ2v) is 3.53. The summed E-state index contributed by atoms with van der Waals surface area (Å²) in [5.41, 5.74) is 0.756. The van der Waals surface area contributed by atoms with E-state index in [4.69, 9.17) is 4.74 Å². The molecule has 17 heavy (non-hydrogen) atoms. The van der Waals surface area contributed by atoms with Crippen LogP contribution in [0.5, 0.6) is 6.01 Å². The Morgan fingerprint density at radius 3 is 2.29 bits per heavy atom. The predicted octanol–water partition coefficient (Wildman–Crippen LogP) is 2.64. The standard InChI is InChI=1S/C12H10F2N2O/c1-8-5-15-12(16-6-8)17-7-9-10(13)3-2-4-11(9)14/h2-6H,7H2,1H3. The van der Waals surface area contributed by atoms with E-state index in [1.165, 1.54) is 18.2 Å². The number of halogens is 2. The van der Waals surface area contributed by atoms with Crippen LogP contribution in [0.1, 0.15) is 11.1 Å². The quantitative estimate of drug-likeness (QED) is 0.821. The van der Waals surface area contributed by atoms with E-state index in [-0.39, 0.29) is 18.2 Å². The molecule has 0 N–H and O–H groups in total. The van der Waals surface area contributed by atoms with Gasteiger partial charge in [-0.3, -0.25) is 0 Å². The van der Waals surface area contributed by atoms with Gasteiger partial charge >= 0.3 is 6.01 Å². The summed E-state index contributed by atoms with van der Waals surface area (Å²) >= 11 is 0. The molecule has 5 heteroatoms. The van der Waals surface area contributed by atoms with E-state index in [1.807, 2.05) is 6.92 Å². The molecule has 0 fully saturated rings. The summed E-state index contributed by atoms with van der Waals surface area (Å²) in [6.07, 6.45) is 3.14. The van der Waals surface area contributed by atoms with Gasteiger partial charge in [-0.25, -0.2) is 18.7 Å². The third-order valence-corrected chi connectivity index (χ3v) is 2.16. The van der Waals surface area contributed by atoms with Crippen LogP contribution in [0.4, 0.5) is 8.78 Å². The third kappa shape index (κ3) is 2.75. The van der Waals surface area contributed by atoms with Crippen molar-refractivity contribution in [3.8, 4) is 6.01 Å². The fourth-order valence-electron chi connectivity index (χ4n) is 1.26. The third-order valence-electron chi connectivity index (χ3n) is 2.16. The highest BCUT2D eigenvalue weighted by molar-refractivity contribution is 5.19. The van der Waals surface area contributed by atoms with Crippen LogP contribution < -0.4 is 4.74 Å². The van der Waals surface area contributed by atoms with Crippen molar-refractivity contribution in [3.63, 3.8) is 0 Å². The van der Waals surface area contributed by atoms with E-state index in [1.54, 1.807) is 12.4 Å². The lowest BCUT2D eigenvalue weighted by atomic mass is 10.2. The second kappa shape index (κ2) is 4.86. The van der Waals surface area contributed by atoms with Crippen LogP contribution in [0.25, 0.3) is 0 Å². The fraction of sp³-hybridized carbons (Fsp3) is 0.167. The van der Waals surface area contributed by atoms with Crippen LogP contribution in [0.3, 0.4) is 0 Å². The van der Waals surface area contributed by atoms with Crippen molar-refractivity contribution in [1.82, 2.24) is 9.97 Å². The van der Waals surface area contributed by atoms with Gasteiger partial charge in [-0.1, -0.05) is 6.07 Å². The van der Waals surface area contributed by atoms with Gasteiger partial charge in [-0.05, 0) is 24.6 Å². The van der Waals surface area contributed by atoms with Crippen molar-refractivity contribution in [2.45, 2.75) is 13.5 Å². The SMILES string of the molecule is Cc1cnc(OCc2c(F)cccc2F)nc1. The monoisotopic (exact) mass is 236 g/mol. The Hall–Kier alpha value is -2.04. The fourth-order valence-corrected chi connectivity index (χ4v) is 1.26. The molecule has 0 amide bonds. The minimum absolute atomic E-state index is 0.0956. The molecule has 0 saturated heterocycles. The summed E-state index contributed by atoms with van der Waals surface area (Å²) in [6.45, 7) is 1.60. The number of rotatable bonds is 3. The Morgan fingerprint density at radius 1 is 1.12 bits per heavy atom. The lowest BCUT2D eigenvalue weighted by molar-refractivity contribution is 0.269. The van der Waals surface area contributed by atoms with Crippen molar-refractivity contribution < 1.29 is 13.5 Å². The van der Waals surface area contributed by atoms with Crippen molar-refractivity contribution in [2.75, 3.05) is 0 Å². The molecule has 0 aliphatic carbocycles. The van der Waals surface area contributed by atoms with E-state index in [2.05, 4.69) is 9.97 Å². The topological polar surface area (TPSA) is 35.0 Å². The number of hydrogen-bond acceptors (Lipinski definition) is 3. The summed E-state index contributed by atoms with van der Waals surface area (Å²) in [7, 11) is 0. The zero-order valence-electron chi connectivity index (χ0n) is 9.15. The number of nitrogens with zero attached hydrogens (tertiary/aromatic N) is 2. The Bertz CT molecular complexity index is 494. The van der Waals surface area contributed by atoms with Crippen LogP contribution in [0.2, 0.25) is 0 Å². The maximum absolute atomic E-state index is 13.3. The van der Waals surface area contributed by atoms with Crippen LogP contribution in [0.15, 0.2) is 30.6 Å². The molecule has 1 aromatic carbocycles. The van der Waals surface area contributed by atoms with Gasteiger partial charge in [-0.2, -0.15) is 0 Å². The molecular formula is C12H10F2N2O. The highest BCUT2D eigenvalue weighted by Crippen LogP contribution is 2.14. The molecule has 0 saturated carbocycles. The highest BCUT2D eigenvalue weighted by Gasteiger charge is 2.09. The first kappa shape index (κ1) is 11.4. The van der Waals surface area contributed by atoms with Crippen molar-refractivity contribution in [1.29, 1.82) is 0 Å². The van der Waals surface area contributed by atoms with E-state index >= 15 is 0 Å². The Balaban J connectivity index is 2.10. The molecule has 88 valence electrons. The second-order valence-electron chi connectivity index (χ2n) is 3.53. The molecule has 2 aromatic rings. The Kier molecular flexibility index (Phi) is 3.27. The Morgan fingerprint density at radius 2 is 1.71 bits per heavy atom. The number of ether oxygens (including phenoxy) is 1. The molecule has 2 rings (SSSR count). The van der Waals surface area contributed by atoms with E-state index < -0.39 is 11.6 Å². The van der Waals surface area contributed by atoms with Gasteiger partial charge in [0.15, 0.2) is 0 Å². The first-order chi connectivity index (χ1) is 8.16. The predicted molar refractivity (Wildman–Crippen MR) is 57.5 cm³/mol. The maximum Gasteiger partial charge on any atom is 0.316 e. The number of aryl methyl sites for hydroxylation is 1. The normalized spacial score (nSPS) is 10.3. The number of hydrogen-bond donors (Lipinski definition) is 0. The van der Waals surface area contributed by atoms with E-state index in [0.29, 0.717) is 0 Å². The molecule has 0 unspecified atom stereocenters. The van der Waals surface area contributed by atoms with Crippen molar-refractivity contribution >= 4 is 0 Å². The minimum Gasteiger partial charge on any atom is -0.458 e. The van der Waals surface area contributed by atoms with Crippen LogP contribution in [-0.4, -0.2) is 9.97 Å². The average Bonchev–Trinajstić information content (AvgIpc) is 2.31. The van der Waals surface area contributed by atoms with Gasteiger partial charge in [-0.15, -0.1) is 0 Å². The summed E-state index contributed by atoms with van der Waals surface area (Å²) < 4.78 is 31.6. The van der Waals surface area contributed by atoms with E-state index in [0.717, 1.165) is 5.56 Å².